The average Bonchev–Trinajstić information content (AvgIpc) is 1.97. The van der Waals surface area contributed by atoms with Crippen LogP contribution in [0.5, 0.6) is 0 Å². The molecule has 1 rings (SSSR count). The Bertz CT molecular complexity index is 485. The fourth-order valence-electron chi connectivity index (χ4n) is 0.889. The van der Waals surface area contributed by atoms with Crippen LogP contribution in [0.2, 0.25) is 10.0 Å². The van der Waals surface area contributed by atoms with Gasteiger partial charge in [0.05, 0.1) is 10.0 Å². The van der Waals surface area contributed by atoms with Crippen molar-refractivity contribution in [3.8, 4) is 0 Å². The molecule has 0 radical (unpaired) electrons. The van der Waals surface area contributed by atoms with Gasteiger partial charge in [-0.15, -0.1) is 0 Å². The third kappa shape index (κ3) is 1.99. The van der Waals surface area contributed by atoms with Gasteiger partial charge in [-0.1, -0.05) is 23.2 Å². The standard InChI is InChI=1S/C7H4Cl2F2O2S/c1-14(12,13)7-4(11)2-3(10)5(8)6(7)9/h2H,1H3. The lowest BCUT2D eigenvalue weighted by molar-refractivity contribution is 0.551. The summed E-state index contributed by atoms with van der Waals surface area (Å²) in [5.41, 5.74) is 0. The molecule has 0 unspecified atom stereocenters. The molecule has 0 aliphatic carbocycles. The third-order valence-corrected chi connectivity index (χ3v) is 3.54. The lowest BCUT2D eigenvalue weighted by Crippen LogP contribution is -2.03. The van der Waals surface area contributed by atoms with Crippen molar-refractivity contribution in [3.05, 3.63) is 27.7 Å². The predicted molar refractivity (Wildman–Crippen MR) is 49.5 cm³/mol. The second-order valence-corrected chi connectivity index (χ2v) is 5.28. The molecule has 1 aromatic rings. The first kappa shape index (κ1) is 11.7. The maximum atomic E-state index is 13.0. The molecular formula is C7H4Cl2F2O2S. The van der Waals surface area contributed by atoms with E-state index in [1.807, 2.05) is 0 Å². The average molecular weight is 261 g/mol. The molecule has 0 aromatic heterocycles. The molecule has 0 aliphatic heterocycles. The first-order chi connectivity index (χ1) is 6.25. The van der Waals surface area contributed by atoms with E-state index >= 15 is 0 Å². The largest absolute Gasteiger partial charge is 0.224 e. The molecule has 0 saturated carbocycles. The summed E-state index contributed by atoms with van der Waals surface area (Å²) < 4.78 is 47.8. The van der Waals surface area contributed by atoms with Gasteiger partial charge < -0.3 is 0 Å². The minimum Gasteiger partial charge on any atom is -0.224 e. The highest BCUT2D eigenvalue weighted by Crippen LogP contribution is 2.33. The molecular weight excluding hydrogens is 257 g/mol. The minimum atomic E-state index is -3.86. The van der Waals surface area contributed by atoms with E-state index in [4.69, 9.17) is 23.2 Å². The van der Waals surface area contributed by atoms with E-state index in [1.54, 1.807) is 0 Å². The van der Waals surface area contributed by atoms with Crippen LogP contribution < -0.4 is 0 Å². The normalized spacial score (nSPS) is 11.8. The second kappa shape index (κ2) is 3.64. The molecule has 0 fully saturated rings. The highest BCUT2D eigenvalue weighted by Gasteiger charge is 2.23. The molecule has 0 bridgehead atoms. The predicted octanol–water partition coefficient (Wildman–Crippen LogP) is 2.68. The second-order valence-electron chi connectivity index (χ2n) is 2.57. The lowest BCUT2D eigenvalue weighted by atomic mass is 10.3. The van der Waals surface area contributed by atoms with E-state index in [-0.39, 0.29) is 0 Å². The molecule has 1 aromatic carbocycles. The van der Waals surface area contributed by atoms with Crippen molar-refractivity contribution in [2.75, 3.05) is 6.26 Å². The van der Waals surface area contributed by atoms with Crippen molar-refractivity contribution in [3.63, 3.8) is 0 Å². The van der Waals surface area contributed by atoms with Crippen LogP contribution in [-0.4, -0.2) is 14.7 Å². The number of rotatable bonds is 1. The summed E-state index contributed by atoms with van der Waals surface area (Å²) in [5, 5.41) is -1.24. The summed E-state index contributed by atoms with van der Waals surface area (Å²) in [7, 11) is -3.86. The first-order valence-electron chi connectivity index (χ1n) is 3.28. The van der Waals surface area contributed by atoms with Crippen LogP contribution in [0.1, 0.15) is 0 Å². The van der Waals surface area contributed by atoms with Crippen molar-refractivity contribution < 1.29 is 17.2 Å². The number of benzene rings is 1. The molecule has 0 atom stereocenters. The maximum Gasteiger partial charge on any atom is 0.179 e. The molecule has 0 spiro atoms. The van der Waals surface area contributed by atoms with Crippen molar-refractivity contribution in [1.82, 2.24) is 0 Å². The van der Waals surface area contributed by atoms with E-state index in [0.717, 1.165) is 6.26 Å². The first-order valence-corrected chi connectivity index (χ1v) is 5.93. The van der Waals surface area contributed by atoms with Gasteiger partial charge in [0.2, 0.25) is 0 Å². The van der Waals surface area contributed by atoms with Crippen LogP contribution in [0.4, 0.5) is 8.78 Å². The molecule has 0 aliphatic rings. The highest BCUT2D eigenvalue weighted by atomic mass is 35.5. The maximum absolute atomic E-state index is 13.0. The van der Waals surface area contributed by atoms with Crippen LogP contribution >= 0.6 is 23.2 Å². The van der Waals surface area contributed by atoms with E-state index in [1.165, 1.54) is 0 Å². The molecule has 14 heavy (non-hydrogen) atoms. The van der Waals surface area contributed by atoms with Gasteiger partial charge in [-0.25, -0.2) is 17.2 Å². The van der Waals surface area contributed by atoms with Crippen molar-refractivity contribution in [2.24, 2.45) is 0 Å². The Morgan fingerprint density at radius 3 is 2.07 bits per heavy atom. The zero-order valence-corrected chi connectivity index (χ0v) is 9.14. The van der Waals surface area contributed by atoms with E-state index in [9.17, 15) is 17.2 Å². The van der Waals surface area contributed by atoms with Gasteiger partial charge in [0.25, 0.3) is 0 Å². The summed E-state index contributed by atoms with van der Waals surface area (Å²) >= 11 is 10.7. The van der Waals surface area contributed by atoms with Crippen molar-refractivity contribution >= 4 is 33.0 Å². The van der Waals surface area contributed by atoms with E-state index in [2.05, 4.69) is 0 Å². The zero-order valence-electron chi connectivity index (χ0n) is 6.81. The fraction of sp³-hybridized carbons (Fsp3) is 0.143. The number of halogens is 4. The summed E-state index contributed by atoms with van der Waals surface area (Å²) in [5.74, 6) is -2.35. The van der Waals surface area contributed by atoms with Gasteiger partial charge in [0.15, 0.2) is 9.84 Å². The molecule has 0 N–H and O–H groups in total. The van der Waals surface area contributed by atoms with Gasteiger partial charge in [-0.3, -0.25) is 0 Å². The molecule has 2 nitrogen and oxygen atoms in total. The SMILES string of the molecule is CS(=O)(=O)c1c(F)cc(F)c(Cl)c1Cl. The summed E-state index contributed by atoms with van der Waals surface area (Å²) in [6.07, 6.45) is 0.755. The Hall–Kier alpha value is -0.390. The van der Waals surface area contributed by atoms with Gasteiger partial charge in [0.1, 0.15) is 16.5 Å². The Morgan fingerprint density at radius 1 is 1.14 bits per heavy atom. The Morgan fingerprint density at radius 2 is 1.64 bits per heavy atom. The molecule has 0 heterocycles. The Labute approximate surface area is 89.4 Å². The monoisotopic (exact) mass is 260 g/mol. The molecule has 78 valence electrons. The highest BCUT2D eigenvalue weighted by molar-refractivity contribution is 7.90. The summed E-state index contributed by atoms with van der Waals surface area (Å²) in [6, 6.07) is 0.380. The quantitative estimate of drug-likeness (QED) is 0.442. The van der Waals surface area contributed by atoms with E-state index < -0.39 is 36.4 Å². The smallest absolute Gasteiger partial charge is 0.179 e. The zero-order chi connectivity index (χ0) is 11.1. The molecule has 0 saturated heterocycles. The topological polar surface area (TPSA) is 34.1 Å². The number of sulfone groups is 1. The van der Waals surface area contributed by atoms with Gasteiger partial charge >= 0.3 is 0 Å². The Balaban J connectivity index is 3.70. The van der Waals surface area contributed by atoms with Crippen LogP contribution in [-0.2, 0) is 9.84 Å². The number of hydrogen-bond donors (Lipinski definition) is 0. The van der Waals surface area contributed by atoms with Crippen LogP contribution in [0.25, 0.3) is 0 Å². The van der Waals surface area contributed by atoms with Gasteiger partial charge in [0, 0.05) is 12.3 Å². The fourth-order valence-corrected chi connectivity index (χ4v) is 2.54. The summed E-state index contributed by atoms with van der Waals surface area (Å²) in [4.78, 5) is -0.787. The molecule has 7 heteroatoms. The van der Waals surface area contributed by atoms with Crippen molar-refractivity contribution in [2.45, 2.75) is 4.90 Å². The van der Waals surface area contributed by atoms with Gasteiger partial charge in [-0.05, 0) is 0 Å². The van der Waals surface area contributed by atoms with Crippen LogP contribution in [0, 0.1) is 11.6 Å². The van der Waals surface area contributed by atoms with Gasteiger partial charge in [-0.2, -0.15) is 0 Å². The lowest BCUT2D eigenvalue weighted by Gasteiger charge is -2.05. The third-order valence-electron chi connectivity index (χ3n) is 1.44. The molecule has 0 amide bonds. The van der Waals surface area contributed by atoms with Crippen molar-refractivity contribution in [1.29, 1.82) is 0 Å². The van der Waals surface area contributed by atoms with E-state index in [0.29, 0.717) is 6.07 Å². The number of hydrogen-bond acceptors (Lipinski definition) is 2. The van der Waals surface area contributed by atoms with Crippen LogP contribution in [0.3, 0.4) is 0 Å². The Kier molecular flexibility index (Phi) is 3.04. The van der Waals surface area contributed by atoms with Crippen LogP contribution in [0.15, 0.2) is 11.0 Å². The summed E-state index contributed by atoms with van der Waals surface area (Å²) in [6.45, 7) is 0. The minimum absolute atomic E-state index is 0.380.